The van der Waals surface area contributed by atoms with Gasteiger partial charge in [0.05, 0.1) is 20.4 Å². The van der Waals surface area contributed by atoms with Crippen LogP contribution in [0.3, 0.4) is 0 Å². The van der Waals surface area contributed by atoms with Gasteiger partial charge in [0, 0.05) is 12.1 Å². The molecular weight excluding hydrogens is 339 g/mol. The zero-order valence-electron chi connectivity index (χ0n) is 14.9. The molecule has 0 spiro atoms. The summed E-state index contributed by atoms with van der Waals surface area (Å²) in [5, 5.41) is 6.39. The number of oxime groups is 1. The number of carbonyl (C=O) groups excluding carboxylic acids is 1. The maximum absolute atomic E-state index is 13.4. The Morgan fingerprint density at radius 1 is 1.15 bits per heavy atom. The lowest BCUT2D eigenvalue weighted by Gasteiger charge is -2.07. The second-order valence-corrected chi connectivity index (χ2v) is 5.48. The summed E-state index contributed by atoms with van der Waals surface area (Å²) in [5.74, 6) is 0.528. The van der Waals surface area contributed by atoms with Crippen LogP contribution in [0.25, 0.3) is 0 Å². The molecule has 0 saturated carbocycles. The Labute approximate surface area is 151 Å². The summed E-state index contributed by atoms with van der Waals surface area (Å²) in [7, 11) is 3.10. The molecule has 1 N–H and O–H groups in total. The van der Waals surface area contributed by atoms with Crippen LogP contribution >= 0.6 is 0 Å². The molecule has 0 unspecified atom stereocenters. The van der Waals surface area contributed by atoms with Crippen molar-refractivity contribution >= 4 is 12.1 Å². The molecule has 0 aliphatic heterocycles. The molecule has 0 aliphatic carbocycles. The molecule has 0 bridgehead atoms. The smallest absolute Gasteiger partial charge is 0.261 e. The second-order valence-electron chi connectivity index (χ2n) is 5.48. The summed E-state index contributed by atoms with van der Waals surface area (Å²) >= 11 is 0. The Hall–Kier alpha value is -3.09. The van der Waals surface area contributed by atoms with Crippen LogP contribution in [0.5, 0.6) is 11.5 Å². The van der Waals surface area contributed by atoms with Crippen molar-refractivity contribution in [3.05, 3.63) is 58.9 Å². The molecule has 6 nitrogen and oxygen atoms in total. The second kappa shape index (κ2) is 9.41. The first-order valence-corrected chi connectivity index (χ1v) is 7.92. The van der Waals surface area contributed by atoms with Crippen LogP contribution in [0.2, 0.25) is 0 Å². The zero-order valence-corrected chi connectivity index (χ0v) is 14.9. The predicted octanol–water partition coefficient (Wildman–Crippen LogP) is 2.82. The van der Waals surface area contributed by atoms with Crippen molar-refractivity contribution in [1.29, 1.82) is 0 Å². The number of halogens is 1. The molecule has 1 amide bonds. The Kier molecular flexibility index (Phi) is 6.96. The lowest BCUT2D eigenvalue weighted by molar-refractivity contribution is -0.125. The third-order valence-corrected chi connectivity index (χ3v) is 3.61. The molecule has 2 rings (SSSR count). The lowest BCUT2D eigenvalue weighted by atomic mass is 10.1. The van der Waals surface area contributed by atoms with Gasteiger partial charge in [0.2, 0.25) is 0 Å². The average molecular weight is 360 g/mol. The standard InChI is InChI=1S/C19H21FN2O4/c1-13-4-5-14(8-16(13)20)10-21-19(23)12-26-22-11-15-6-7-17(24-2)18(9-15)25-3/h4-9,11H,10,12H2,1-3H3,(H,21,23)/b22-11+. The number of carbonyl (C=O) groups is 1. The average Bonchev–Trinajstić information content (AvgIpc) is 2.66. The molecule has 2 aromatic rings. The van der Waals surface area contributed by atoms with E-state index in [4.69, 9.17) is 14.3 Å². The van der Waals surface area contributed by atoms with Crippen LogP contribution in [-0.2, 0) is 16.2 Å². The molecule has 2 aromatic carbocycles. The minimum absolute atomic E-state index is 0.221. The molecule has 0 saturated heterocycles. The first kappa shape index (κ1) is 19.2. The lowest BCUT2D eigenvalue weighted by Crippen LogP contribution is -2.26. The fourth-order valence-corrected chi connectivity index (χ4v) is 2.13. The van der Waals surface area contributed by atoms with Crippen molar-refractivity contribution in [2.45, 2.75) is 13.5 Å². The largest absolute Gasteiger partial charge is 0.493 e. The zero-order chi connectivity index (χ0) is 18.9. The number of nitrogens with one attached hydrogen (secondary N) is 1. The Morgan fingerprint density at radius 3 is 2.62 bits per heavy atom. The molecule has 0 aliphatic rings. The quantitative estimate of drug-likeness (QED) is 0.581. The first-order chi connectivity index (χ1) is 12.5. The predicted molar refractivity (Wildman–Crippen MR) is 96.1 cm³/mol. The molecular formula is C19H21FN2O4. The van der Waals surface area contributed by atoms with Gasteiger partial charge in [-0.25, -0.2) is 4.39 Å². The van der Waals surface area contributed by atoms with E-state index in [-0.39, 0.29) is 24.9 Å². The molecule has 7 heteroatoms. The number of hydrogen-bond donors (Lipinski definition) is 1. The van der Waals surface area contributed by atoms with E-state index in [0.29, 0.717) is 22.6 Å². The molecule has 138 valence electrons. The highest BCUT2D eigenvalue weighted by Gasteiger charge is 2.05. The Morgan fingerprint density at radius 2 is 1.92 bits per heavy atom. The molecule has 0 fully saturated rings. The minimum Gasteiger partial charge on any atom is -0.493 e. The summed E-state index contributed by atoms with van der Waals surface area (Å²) in [4.78, 5) is 16.7. The van der Waals surface area contributed by atoms with Crippen molar-refractivity contribution in [2.24, 2.45) is 5.16 Å². The number of amides is 1. The van der Waals surface area contributed by atoms with Crippen LogP contribution < -0.4 is 14.8 Å². The van der Waals surface area contributed by atoms with Gasteiger partial charge < -0.3 is 19.6 Å². The van der Waals surface area contributed by atoms with Crippen LogP contribution in [0, 0.1) is 12.7 Å². The van der Waals surface area contributed by atoms with Gasteiger partial charge in [-0.15, -0.1) is 0 Å². The van der Waals surface area contributed by atoms with E-state index >= 15 is 0 Å². The SMILES string of the molecule is COc1ccc(/C=N/OCC(=O)NCc2ccc(C)c(F)c2)cc1OC. The maximum Gasteiger partial charge on any atom is 0.261 e. The fourth-order valence-electron chi connectivity index (χ4n) is 2.13. The number of ether oxygens (including phenoxy) is 2. The topological polar surface area (TPSA) is 69.2 Å². The Balaban J connectivity index is 1.78. The minimum atomic E-state index is -0.351. The van der Waals surface area contributed by atoms with Crippen LogP contribution in [0.1, 0.15) is 16.7 Å². The summed E-state index contributed by atoms with van der Waals surface area (Å²) in [5.41, 5.74) is 1.97. The number of aryl methyl sites for hydroxylation is 1. The van der Waals surface area contributed by atoms with E-state index in [1.54, 1.807) is 51.5 Å². The number of nitrogens with zero attached hydrogens (tertiary/aromatic N) is 1. The van der Waals surface area contributed by atoms with E-state index in [0.717, 1.165) is 5.56 Å². The number of hydrogen-bond acceptors (Lipinski definition) is 5. The van der Waals surface area contributed by atoms with Crippen molar-refractivity contribution in [3.63, 3.8) is 0 Å². The van der Waals surface area contributed by atoms with Gasteiger partial charge in [-0.05, 0) is 42.3 Å². The summed E-state index contributed by atoms with van der Waals surface area (Å²) in [6.45, 7) is 1.67. The number of rotatable bonds is 8. The van der Waals surface area contributed by atoms with Gasteiger partial charge in [0.1, 0.15) is 5.82 Å². The number of benzene rings is 2. The molecule has 0 radical (unpaired) electrons. The van der Waals surface area contributed by atoms with Crippen LogP contribution in [-0.4, -0.2) is 32.9 Å². The number of methoxy groups -OCH3 is 2. The van der Waals surface area contributed by atoms with Gasteiger partial charge in [0.15, 0.2) is 18.1 Å². The third-order valence-electron chi connectivity index (χ3n) is 3.61. The van der Waals surface area contributed by atoms with Crippen molar-refractivity contribution in [1.82, 2.24) is 5.32 Å². The summed E-state index contributed by atoms with van der Waals surface area (Å²) in [6, 6.07) is 10.1. The molecule has 0 atom stereocenters. The highest BCUT2D eigenvalue weighted by molar-refractivity contribution is 5.81. The van der Waals surface area contributed by atoms with E-state index in [1.165, 1.54) is 12.3 Å². The normalized spacial score (nSPS) is 10.6. The van der Waals surface area contributed by atoms with E-state index < -0.39 is 0 Å². The van der Waals surface area contributed by atoms with Crippen LogP contribution in [0.15, 0.2) is 41.6 Å². The van der Waals surface area contributed by atoms with Crippen molar-refractivity contribution in [2.75, 3.05) is 20.8 Å². The molecule has 26 heavy (non-hydrogen) atoms. The highest BCUT2D eigenvalue weighted by atomic mass is 19.1. The van der Waals surface area contributed by atoms with Gasteiger partial charge >= 0.3 is 0 Å². The molecule has 0 heterocycles. The third kappa shape index (κ3) is 5.47. The van der Waals surface area contributed by atoms with Crippen LogP contribution in [0.4, 0.5) is 4.39 Å². The first-order valence-electron chi connectivity index (χ1n) is 7.92. The summed E-state index contributed by atoms with van der Waals surface area (Å²) < 4.78 is 23.8. The van der Waals surface area contributed by atoms with Gasteiger partial charge in [-0.1, -0.05) is 17.3 Å². The van der Waals surface area contributed by atoms with Gasteiger partial charge in [-0.3, -0.25) is 4.79 Å². The highest BCUT2D eigenvalue weighted by Crippen LogP contribution is 2.26. The van der Waals surface area contributed by atoms with E-state index in [2.05, 4.69) is 10.5 Å². The van der Waals surface area contributed by atoms with Gasteiger partial charge in [-0.2, -0.15) is 0 Å². The van der Waals surface area contributed by atoms with E-state index in [9.17, 15) is 9.18 Å². The van der Waals surface area contributed by atoms with Crippen molar-refractivity contribution < 1.29 is 23.5 Å². The summed E-state index contributed by atoms with van der Waals surface area (Å²) in [6.07, 6.45) is 1.46. The Bertz CT molecular complexity index is 793. The molecule has 0 aromatic heterocycles. The maximum atomic E-state index is 13.4. The van der Waals surface area contributed by atoms with Gasteiger partial charge in [0.25, 0.3) is 5.91 Å². The fraction of sp³-hybridized carbons (Fsp3) is 0.263. The monoisotopic (exact) mass is 360 g/mol. The van der Waals surface area contributed by atoms with Crippen molar-refractivity contribution in [3.8, 4) is 11.5 Å². The van der Waals surface area contributed by atoms with E-state index in [1.807, 2.05) is 0 Å².